The fourth-order valence-corrected chi connectivity index (χ4v) is 4.58. The molecule has 0 saturated carbocycles. The first-order valence-corrected chi connectivity index (χ1v) is 12.6. The molecule has 0 aromatic carbocycles. The largest absolute Gasteiger partial charge is 0.0919 e. The highest BCUT2D eigenvalue weighted by Gasteiger charge is 2.12. The van der Waals surface area contributed by atoms with Crippen LogP contribution >= 0.6 is 0 Å². The second kappa shape index (κ2) is 4.62. The molecule has 0 spiro atoms. The zero-order valence-corrected chi connectivity index (χ0v) is 13.2. The first-order valence-electron chi connectivity index (χ1n) is 5.40. The average Bonchev–Trinajstić information content (AvgIpc) is 1.78. The fraction of sp³-hybridized carbons (Fsp3) is 0.667. The number of allylic oxidation sites excluding steroid dienone is 2. The summed E-state index contributed by atoms with van der Waals surface area (Å²) >= 11 is 0. The molecule has 0 unspecified atom stereocenters. The van der Waals surface area contributed by atoms with Crippen molar-refractivity contribution in [2.75, 3.05) is 0 Å². The molecule has 0 radical (unpaired) electrons. The molecule has 0 aliphatic carbocycles. The zero-order chi connectivity index (χ0) is 11.6. The van der Waals surface area contributed by atoms with Crippen molar-refractivity contribution in [2.45, 2.75) is 53.1 Å². The normalized spacial score (nSPS) is 16.0. The van der Waals surface area contributed by atoms with Gasteiger partial charge in [0.2, 0.25) is 0 Å². The minimum absolute atomic E-state index is 1.05. The molecule has 0 heterocycles. The van der Waals surface area contributed by atoms with Gasteiger partial charge in [-0.3, -0.25) is 0 Å². The molecule has 0 bridgehead atoms. The third-order valence-corrected chi connectivity index (χ3v) is 4.52. The highest BCUT2D eigenvalue weighted by molar-refractivity contribution is 6.81. The molecule has 0 rings (SSSR count). The summed E-state index contributed by atoms with van der Waals surface area (Å²) in [6, 6.07) is 0. The number of rotatable bonds is 3. The average molecular weight is 227 g/mol. The minimum atomic E-state index is -1.05. The molecule has 0 atom stereocenters. The van der Waals surface area contributed by atoms with Gasteiger partial charge in [-0.1, -0.05) is 61.8 Å². The molecule has 0 aliphatic rings. The van der Waals surface area contributed by atoms with E-state index < -0.39 is 16.1 Å². The minimum Gasteiger partial charge on any atom is -0.0919 e. The summed E-state index contributed by atoms with van der Waals surface area (Å²) in [6.45, 7) is 18.8. The van der Waals surface area contributed by atoms with Gasteiger partial charge in [0.05, 0.1) is 16.1 Å². The lowest BCUT2D eigenvalue weighted by Crippen LogP contribution is -2.19. The smallest absolute Gasteiger partial charge is 0.0690 e. The van der Waals surface area contributed by atoms with E-state index >= 15 is 0 Å². The standard InChI is InChI=1S/C12H26Si2/c1-11(9-13(3,4)5)12(2)10-14(6,7)8/h9-10H,1-8H3. The lowest BCUT2D eigenvalue weighted by molar-refractivity contribution is 1.35. The molecule has 0 aromatic heterocycles. The highest BCUT2D eigenvalue weighted by Crippen LogP contribution is 2.16. The Morgan fingerprint density at radius 2 is 0.857 bits per heavy atom. The Morgan fingerprint density at radius 1 is 0.643 bits per heavy atom. The van der Waals surface area contributed by atoms with Crippen molar-refractivity contribution in [3.05, 3.63) is 22.5 Å². The second-order valence-corrected chi connectivity index (χ2v) is 16.4. The predicted molar refractivity (Wildman–Crippen MR) is 74.2 cm³/mol. The van der Waals surface area contributed by atoms with Crippen LogP contribution in [-0.4, -0.2) is 16.1 Å². The predicted octanol–water partition coefficient (Wildman–Crippen LogP) is 4.63. The van der Waals surface area contributed by atoms with Crippen LogP contribution < -0.4 is 0 Å². The van der Waals surface area contributed by atoms with Gasteiger partial charge >= 0.3 is 0 Å². The number of hydrogen-bond acceptors (Lipinski definition) is 0. The van der Waals surface area contributed by atoms with E-state index in [1.54, 1.807) is 0 Å². The van der Waals surface area contributed by atoms with Crippen LogP contribution in [0, 0.1) is 0 Å². The van der Waals surface area contributed by atoms with Crippen LogP contribution in [0.5, 0.6) is 0 Å². The summed E-state index contributed by atoms with van der Waals surface area (Å²) in [4.78, 5) is 0. The molecule has 14 heavy (non-hydrogen) atoms. The Bertz CT molecular complexity index is 218. The van der Waals surface area contributed by atoms with Crippen molar-refractivity contribution in [1.82, 2.24) is 0 Å². The van der Waals surface area contributed by atoms with Gasteiger partial charge in [0.1, 0.15) is 0 Å². The summed E-state index contributed by atoms with van der Waals surface area (Å²) < 4.78 is 0. The fourth-order valence-electron chi connectivity index (χ4n) is 1.53. The molecule has 0 saturated heterocycles. The highest BCUT2D eigenvalue weighted by atomic mass is 28.3. The van der Waals surface area contributed by atoms with Gasteiger partial charge in [-0.2, -0.15) is 0 Å². The Kier molecular flexibility index (Phi) is 4.59. The zero-order valence-electron chi connectivity index (χ0n) is 11.2. The molecular weight excluding hydrogens is 200 g/mol. The number of hydrogen-bond donors (Lipinski definition) is 0. The van der Waals surface area contributed by atoms with E-state index in [0.717, 1.165) is 0 Å². The van der Waals surface area contributed by atoms with E-state index in [0.29, 0.717) is 0 Å². The van der Waals surface area contributed by atoms with E-state index in [2.05, 4.69) is 64.5 Å². The summed E-state index contributed by atoms with van der Waals surface area (Å²) in [6.07, 6.45) is 0. The quantitative estimate of drug-likeness (QED) is 0.486. The van der Waals surface area contributed by atoms with Gasteiger partial charge in [0, 0.05) is 0 Å². The van der Waals surface area contributed by atoms with Gasteiger partial charge in [-0.05, 0) is 13.8 Å². The molecule has 0 amide bonds. The van der Waals surface area contributed by atoms with Crippen molar-refractivity contribution in [3.63, 3.8) is 0 Å². The Morgan fingerprint density at radius 3 is 1.00 bits per heavy atom. The van der Waals surface area contributed by atoms with Gasteiger partial charge in [0.15, 0.2) is 0 Å². The van der Waals surface area contributed by atoms with Gasteiger partial charge in [-0.15, -0.1) is 0 Å². The maximum atomic E-state index is 2.50. The van der Waals surface area contributed by atoms with Crippen LogP contribution in [0.2, 0.25) is 39.3 Å². The molecule has 82 valence electrons. The van der Waals surface area contributed by atoms with E-state index in [4.69, 9.17) is 0 Å². The SMILES string of the molecule is CC(=C[Si](C)(C)C)C(C)=C[Si](C)(C)C. The van der Waals surface area contributed by atoms with Crippen LogP contribution in [0.25, 0.3) is 0 Å². The molecule has 0 fully saturated rings. The lowest BCUT2D eigenvalue weighted by Gasteiger charge is -2.15. The second-order valence-electron chi connectivity index (χ2n) is 6.39. The van der Waals surface area contributed by atoms with Crippen LogP contribution in [0.15, 0.2) is 22.5 Å². The Hall–Kier alpha value is -0.0862. The van der Waals surface area contributed by atoms with Crippen molar-refractivity contribution < 1.29 is 0 Å². The third kappa shape index (κ3) is 7.33. The molecule has 0 aromatic rings. The Labute approximate surface area is 92.1 Å². The molecular formula is C12H26Si2. The first-order chi connectivity index (χ1) is 6.01. The Balaban J connectivity index is 4.81. The van der Waals surface area contributed by atoms with Crippen LogP contribution in [0.4, 0.5) is 0 Å². The van der Waals surface area contributed by atoms with Crippen molar-refractivity contribution in [1.29, 1.82) is 0 Å². The van der Waals surface area contributed by atoms with Crippen molar-refractivity contribution >= 4 is 16.1 Å². The maximum absolute atomic E-state index is 2.50. The lowest BCUT2D eigenvalue weighted by atomic mass is 10.2. The topological polar surface area (TPSA) is 0 Å². The third-order valence-electron chi connectivity index (χ3n) is 1.92. The van der Waals surface area contributed by atoms with Crippen molar-refractivity contribution in [3.8, 4) is 0 Å². The monoisotopic (exact) mass is 226 g/mol. The van der Waals surface area contributed by atoms with E-state index in [1.807, 2.05) is 0 Å². The van der Waals surface area contributed by atoms with Gasteiger partial charge in [-0.25, -0.2) is 0 Å². The summed E-state index contributed by atoms with van der Waals surface area (Å²) in [5.41, 5.74) is 7.98. The molecule has 0 nitrogen and oxygen atoms in total. The summed E-state index contributed by atoms with van der Waals surface area (Å²) in [7, 11) is -2.09. The molecule has 0 N–H and O–H groups in total. The van der Waals surface area contributed by atoms with E-state index in [-0.39, 0.29) is 0 Å². The molecule has 0 aliphatic heterocycles. The maximum Gasteiger partial charge on any atom is 0.0690 e. The van der Waals surface area contributed by atoms with E-state index in [9.17, 15) is 0 Å². The van der Waals surface area contributed by atoms with Crippen molar-refractivity contribution in [2.24, 2.45) is 0 Å². The molecule has 2 heteroatoms. The van der Waals surface area contributed by atoms with E-state index in [1.165, 1.54) is 11.1 Å². The summed E-state index contributed by atoms with van der Waals surface area (Å²) in [5, 5.41) is 0. The summed E-state index contributed by atoms with van der Waals surface area (Å²) in [5.74, 6) is 0. The van der Waals surface area contributed by atoms with Crippen LogP contribution in [0.3, 0.4) is 0 Å². The van der Waals surface area contributed by atoms with Crippen LogP contribution in [0.1, 0.15) is 13.8 Å². The van der Waals surface area contributed by atoms with Gasteiger partial charge in [0.25, 0.3) is 0 Å². The first kappa shape index (κ1) is 13.9. The van der Waals surface area contributed by atoms with Gasteiger partial charge < -0.3 is 0 Å². The van der Waals surface area contributed by atoms with Crippen LogP contribution in [-0.2, 0) is 0 Å².